The molecule has 2 atom stereocenters. The van der Waals surface area contributed by atoms with E-state index in [9.17, 15) is 9.59 Å². The van der Waals surface area contributed by atoms with Crippen LogP contribution in [0.1, 0.15) is 25.1 Å². The number of halogens is 1. The van der Waals surface area contributed by atoms with Crippen molar-refractivity contribution < 1.29 is 32.9 Å². The number of carbonyl (C=O) groups is 2. The zero-order valence-corrected chi connectivity index (χ0v) is 14.1. The Hall–Kier alpha value is -1.79. The van der Waals surface area contributed by atoms with E-state index in [1.165, 1.54) is 0 Å². The summed E-state index contributed by atoms with van der Waals surface area (Å²) in [5.74, 6) is -1.20. The van der Waals surface area contributed by atoms with Crippen LogP contribution in [-0.4, -0.2) is 49.7 Å². The molecule has 6 nitrogen and oxygen atoms in total. The second-order valence-electron chi connectivity index (χ2n) is 5.48. The number of piperidine rings is 1. The smallest absolute Gasteiger partial charge is 1.00 e. The molecular formula is C16H23ClN2O4. The minimum Gasteiger partial charge on any atom is -1.00 e. The van der Waals surface area contributed by atoms with Gasteiger partial charge in [0.05, 0.1) is 12.2 Å². The Morgan fingerprint density at radius 3 is 2.61 bits per heavy atom. The number of ether oxygens (including phenoxy) is 2. The minimum atomic E-state index is -0.458. The van der Waals surface area contributed by atoms with Crippen LogP contribution in [0.2, 0.25) is 0 Å². The molecule has 0 saturated carbocycles. The van der Waals surface area contributed by atoms with E-state index in [1.54, 1.807) is 31.2 Å². The number of carbonyl (C=O) groups excluding carboxylic acids is 2. The number of benzene rings is 1. The highest BCUT2D eigenvalue weighted by atomic mass is 35.5. The van der Waals surface area contributed by atoms with Crippen LogP contribution in [0.3, 0.4) is 0 Å². The second-order valence-corrected chi connectivity index (χ2v) is 5.48. The topological polar surface area (TPSA) is 81.9 Å². The highest BCUT2D eigenvalue weighted by Crippen LogP contribution is 2.22. The molecule has 0 radical (unpaired) electrons. The number of hydrogen-bond acceptors (Lipinski definition) is 6. The number of nitrogens with zero attached hydrogens (tertiary/aromatic N) is 1. The van der Waals surface area contributed by atoms with E-state index in [4.69, 9.17) is 15.2 Å². The maximum absolute atomic E-state index is 12.2. The molecule has 1 aromatic rings. The maximum atomic E-state index is 12.2. The Morgan fingerprint density at radius 2 is 2.00 bits per heavy atom. The number of likely N-dealkylation sites (tertiary alicyclic amines) is 1. The zero-order valence-electron chi connectivity index (χ0n) is 14.3. The molecule has 0 spiro atoms. The van der Waals surface area contributed by atoms with Crippen molar-refractivity contribution in [3.8, 4) is 0 Å². The van der Waals surface area contributed by atoms with Crippen LogP contribution >= 0.6 is 0 Å². The van der Waals surface area contributed by atoms with E-state index in [0.29, 0.717) is 30.8 Å². The molecular weight excluding hydrogens is 320 g/mol. The van der Waals surface area contributed by atoms with Crippen LogP contribution < -0.4 is 18.1 Å². The number of hydrogen-bond donors (Lipinski definition) is 1. The molecule has 1 saturated heterocycles. The van der Waals surface area contributed by atoms with E-state index in [-0.39, 0.29) is 19.8 Å². The monoisotopic (exact) mass is 342 g/mol. The van der Waals surface area contributed by atoms with Crippen molar-refractivity contribution in [2.75, 3.05) is 32.5 Å². The van der Waals surface area contributed by atoms with Crippen molar-refractivity contribution in [2.45, 2.75) is 19.4 Å². The third-order valence-electron chi connectivity index (χ3n) is 3.75. The molecule has 7 heteroatoms. The number of anilines is 1. The highest BCUT2D eigenvalue weighted by molar-refractivity contribution is 5.90. The quantitative estimate of drug-likeness (QED) is 0.526. The molecule has 0 aromatic heterocycles. The van der Waals surface area contributed by atoms with Gasteiger partial charge in [0.25, 0.3) is 0 Å². The van der Waals surface area contributed by atoms with Gasteiger partial charge in [-0.3, -0.25) is 4.79 Å². The number of rotatable bonds is 4. The Morgan fingerprint density at radius 1 is 1.35 bits per heavy atom. The van der Waals surface area contributed by atoms with Crippen molar-refractivity contribution >= 4 is 17.6 Å². The highest BCUT2D eigenvalue weighted by Gasteiger charge is 2.37. The number of nitrogens with two attached hydrogens (primary N) is 1. The summed E-state index contributed by atoms with van der Waals surface area (Å²) in [5.41, 5.74) is 6.61. The summed E-state index contributed by atoms with van der Waals surface area (Å²) in [6, 6.07) is 6.53. The second kappa shape index (κ2) is 8.74. The van der Waals surface area contributed by atoms with E-state index in [0.717, 1.165) is 6.54 Å². The molecule has 1 aliphatic heterocycles. The molecule has 128 valence electrons. The van der Waals surface area contributed by atoms with E-state index in [1.807, 2.05) is 11.9 Å². The van der Waals surface area contributed by atoms with Gasteiger partial charge in [-0.05, 0) is 44.7 Å². The SMILES string of the molecule is CCOC(=O)C1CN(C)CCC1OC(=O)c1ccc(N)cc1.[Cl-].[H+]. The van der Waals surface area contributed by atoms with Gasteiger partial charge in [0, 0.05) is 18.8 Å². The predicted octanol–water partition coefficient (Wildman–Crippen LogP) is -1.57. The summed E-state index contributed by atoms with van der Waals surface area (Å²) in [4.78, 5) is 26.3. The summed E-state index contributed by atoms with van der Waals surface area (Å²) >= 11 is 0. The van der Waals surface area contributed by atoms with E-state index in [2.05, 4.69) is 0 Å². The van der Waals surface area contributed by atoms with Crippen LogP contribution in [0, 0.1) is 5.92 Å². The first-order chi connectivity index (χ1) is 10.5. The van der Waals surface area contributed by atoms with Crippen molar-refractivity contribution in [1.29, 1.82) is 0 Å². The lowest BCUT2D eigenvalue weighted by atomic mass is 9.95. The molecule has 2 rings (SSSR count). The van der Waals surface area contributed by atoms with Gasteiger partial charge in [-0.1, -0.05) is 0 Å². The molecule has 0 aliphatic carbocycles. The molecule has 1 aromatic carbocycles. The average molecular weight is 343 g/mol. The van der Waals surface area contributed by atoms with Gasteiger partial charge in [0.2, 0.25) is 0 Å². The van der Waals surface area contributed by atoms with Gasteiger partial charge < -0.3 is 32.5 Å². The van der Waals surface area contributed by atoms with Crippen LogP contribution in [0.15, 0.2) is 24.3 Å². The van der Waals surface area contributed by atoms with Crippen LogP contribution in [0.5, 0.6) is 0 Å². The number of esters is 2. The lowest BCUT2D eigenvalue weighted by Crippen LogP contribution is -3.00. The van der Waals surface area contributed by atoms with Gasteiger partial charge in [-0.25, -0.2) is 4.79 Å². The van der Waals surface area contributed by atoms with Crippen molar-refractivity contribution in [3.05, 3.63) is 29.8 Å². The molecule has 1 aliphatic rings. The molecule has 2 N–H and O–H groups in total. The van der Waals surface area contributed by atoms with Gasteiger partial charge >= 0.3 is 13.4 Å². The fraction of sp³-hybridized carbons (Fsp3) is 0.500. The Kier molecular flexibility index (Phi) is 7.32. The third-order valence-corrected chi connectivity index (χ3v) is 3.75. The summed E-state index contributed by atoms with van der Waals surface area (Å²) in [7, 11) is 1.93. The maximum Gasteiger partial charge on any atom is 1.00 e. The summed E-state index contributed by atoms with van der Waals surface area (Å²) in [6.07, 6.45) is 0.154. The molecule has 1 heterocycles. The lowest BCUT2D eigenvalue weighted by molar-refractivity contribution is -0.155. The fourth-order valence-corrected chi connectivity index (χ4v) is 2.53. The first-order valence-corrected chi connectivity index (χ1v) is 7.43. The van der Waals surface area contributed by atoms with E-state index >= 15 is 0 Å². The predicted molar refractivity (Wildman–Crippen MR) is 83.4 cm³/mol. The molecule has 23 heavy (non-hydrogen) atoms. The number of nitrogen functional groups attached to an aromatic ring is 1. The van der Waals surface area contributed by atoms with Crippen LogP contribution in [0.4, 0.5) is 5.69 Å². The average Bonchev–Trinajstić information content (AvgIpc) is 2.50. The third kappa shape index (κ3) is 5.11. The Balaban J connectivity index is 0.00000264. The van der Waals surface area contributed by atoms with E-state index < -0.39 is 18.0 Å². The van der Waals surface area contributed by atoms with Gasteiger partial charge in [0.15, 0.2) is 0 Å². The fourth-order valence-electron chi connectivity index (χ4n) is 2.53. The van der Waals surface area contributed by atoms with Gasteiger partial charge in [-0.2, -0.15) is 0 Å². The standard InChI is InChI=1S/C16H22N2O4.ClH/c1-3-21-16(20)13-10-18(2)9-8-14(13)22-15(19)11-4-6-12(17)7-5-11;/h4-7,13-14H,3,8-10,17H2,1-2H3;1H. The summed E-state index contributed by atoms with van der Waals surface area (Å²) in [6.45, 7) is 3.38. The van der Waals surface area contributed by atoms with Gasteiger partial charge in [-0.15, -0.1) is 0 Å². The first-order valence-electron chi connectivity index (χ1n) is 7.43. The van der Waals surface area contributed by atoms with Crippen LogP contribution in [0.25, 0.3) is 0 Å². The van der Waals surface area contributed by atoms with Crippen LogP contribution in [-0.2, 0) is 14.3 Å². The Bertz CT molecular complexity index is 541. The normalized spacial score (nSPS) is 21.1. The van der Waals surface area contributed by atoms with Crippen molar-refractivity contribution in [1.82, 2.24) is 4.90 Å². The van der Waals surface area contributed by atoms with Crippen molar-refractivity contribution in [2.24, 2.45) is 5.92 Å². The first kappa shape index (κ1) is 19.3. The molecule has 1 fully saturated rings. The minimum absolute atomic E-state index is 0. The molecule has 0 amide bonds. The molecule has 2 unspecified atom stereocenters. The zero-order chi connectivity index (χ0) is 16.1. The van der Waals surface area contributed by atoms with Gasteiger partial charge in [0.1, 0.15) is 12.0 Å². The Labute approximate surface area is 143 Å². The molecule has 0 bridgehead atoms. The lowest BCUT2D eigenvalue weighted by Gasteiger charge is -2.34. The van der Waals surface area contributed by atoms with Crippen molar-refractivity contribution in [3.63, 3.8) is 0 Å². The summed E-state index contributed by atoms with van der Waals surface area (Å²) in [5, 5.41) is 0. The largest absolute Gasteiger partial charge is 1.00 e. The summed E-state index contributed by atoms with van der Waals surface area (Å²) < 4.78 is 10.6.